The summed E-state index contributed by atoms with van der Waals surface area (Å²) in [5.74, 6) is -0.847. The first kappa shape index (κ1) is 12.9. The van der Waals surface area contributed by atoms with Gasteiger partial charge >= 0.3 is 11.7 Å². The van der Waals surface area contributed by atoms with Crippen molar-refractivity contribution in [2.24, 2.45) is 0 Å². The van der Waals surface area contributed by atoms with Gasteiger partial charge in [0.05, 0.1) is 6.42 Å². The van der Waals surface area contributed by atoms with E-state index in [-0.39, 0.29) is 0 Å². The molecule has 0 aromatic rings. The third-order valence-corrected chi connectivity index (χ3v) is 4.00. The van der Waals surface area contributed by atoms with Crippen LogP contribution in [0.25, 0.3) is 0 Å². The second-order valence-corrected chi connectivity index (χ2v) is 7.00. The normalized spacial score (nSPS) is 16.0. The highest BCUT2D eigenvalue weighted by Crippen LogP contribution is 2.57. The Bertz CT molecular complexity index is 167. The van der Waals surface area contributed by atoms with E-state index in [9.17, 15) is 26.3 Å². The second-order valence-electron chi connectivity index (χ2n) is 3.05. The van der Waals surface area contributed by atoms with Crippen LogP contribution in [0.5, 0.6) is 0 Å². The van der Waals surface area contributed by atoms with E-state index in [4.69, 9.17) is 0 Å². The molecule has 0 fully saturated rings. The van der Waals surface area contributed by atoms with Gasteiger partial charge in [0, 0.05) is 0 Å². The Morgan fingerprint density at radius 2 is 1.31 bits per heavy atom. The lowest BCUT2D eigenvalue weighted by molar-refractivity contribution is -0.130. The van der Waals surface area contributed by atoms with Crippen molar-refractivity contribution >= 4 is 10.0 Å². The van der Waals surface area contributed by atoms with E-state index in [1.165, 1.54) is 0 Å². The maximum Gasteiger partial charge on any atom is 0.425 e. The van der Waals surface area contributed by atoms with E-state index in [1.54, 1.807) is 0 Å². The zero-order valence-electron chi connectivity index (χ0n) is 7.09. The number of halogens is 6. The van der Waals surface area contributed by atoms with E-state index < -0.39 is 33.9 Å². The summed E-state index contributed by atoms with van der Waals surface area (Å²) in [5, 5.41) is 0. The first-order chi connectivity index (χ1) is 5.46. The SMILES string of the molecule is CS(C)(CCC(F)(F)F)C(F)(F)F. The van der Waals surface area contributed by atoms with Crippen LogP contribution in [-0.2, 0) is 0 Å². The van der Waals surface area contributed by atoms with Crippen LogP contribution in [-0.4, -0.2) is 29.9 Å². The molecule has 0 amide bonds. The largest absolute Gasteiger partial charge is 0.425 e. The quantitative estimate of drug-likeness (QED) is 0.634. The summed E-state index contributed by atoms with van der Waals surface area (Å²) in [6.45, 7) is 0. The molecular formula is C6H10F6S. The van der Waals surface area contributed by atoms with Gasteiger partial charge in [-0.25, -0.2) is 0 Å². The smallest absolute Gasteiger partial charge is 0.171 e. The lowest BCUT2D eigenvalue weighted by Crippen LogP contribution is -2.24. The topological polar surface area (TPSA) is 0 Å². The predicted molar refractivity (Wildman–Crippen MR) is 41.0 cm³/mol. The lowest BCUT2D eigenvalue weighted by Gasteiger charge is -2.33. The van der Waals surface area contributed by atoms with Crippen LogP contribution in [0, 0.1) is 0 Å². The van der Waals surface area contributed by atoms with E-state index in [1.807, 2.05) is 0 Å². The van der Waals surface area contributed by atoms with E-state index >= 15 is 0 Å². The van der Waals surface area contributed by atoms with E-state index in [0.29, 0.717) is 0 Å². The Labute approximate surface area is 73.6 Å². The van der Waals surface area contributed by atoms with Crippen molar-refractivity contribution < 1.29 is 26.3 Å². The fourth-order valence-electron chi connectivity index (χ4n) is 0.487. The first-order valence-corrected chi connectivity index (χ1v) is 5.92. The Hall–Kier alpha value is -0.0700. The summed E-state index contributed by atoms with van der Waals surface area (Å²) in [7, 11) is -3.15. The van der Waals surface area contributed by atoms with Gasteiger partial charge in [-0.1, -0.05) is 0 Å². The van der Waals surface area contributed by atoms with E-state index in [0.717, 1.165) is 12.5 Å². The van der Waals surface area contributed by atoms with Crippen LogP contribution in [0.2, 0.25) is 0 Å². The number of hydrogen-bond donors (Lipinski definition) is 0. The van der Waals surface area contributed by atoms with Crippen LogP contribution < -0.4 is 0 Å². The first-order valence-electron chi connectivity index (χ1n) is 3.30. The summed E-state index contributed by atoms with van der Waals surface area (Å²) in [6, 6.07) is 0. The van der Waals surface area contributed by atoms with Crippen LogP contribution in [0.3, 0.4) is 0 Å². The molecule has 0 aliphatic heterocycles. The summed E-state index contributed by atoms with van der Waals surface area (Å²) in [4.78, 5) is 0. The highest BCUT2D eigenvalue weighted by Gasteiger charge is 2.44. The summed E-state index contributed by atoms with van der Waals surface area (Å²) in [5.41, 5.74) is -4.50. The maximum absolute atomic E-state index is 12.1. The molecule has 0 heterocycles. The zero-order chi connectivity index (χ0) is 10.9. The molecule has 0 atom stereocenters. The van der Waals surface area contributed by atoms with Gasteiger partial charge < -0.3 is 0 Å². The van der Waals surface area contributed by atoms with Gasteiger partial charge in [0.2, 0.25) is 0 Å². The molecule has 0 spiro atoms. The highest BCUT2D eigenvalue weighted by molar-refractivity contribution is 8.33. The van der Waals surface area contributed by atoms with Crippen molar-refractivity contribution in [2.45, 2.75) is 18.1 Å². The van der Waals surface area contributed by atoms with E-state index in [2.05, 4.69) is 0 Å². The Morgan fingerprint density at radius 3 is 1.54 bits per heavy atom. The number of rotatable bonds is 2. The third-order valence-electron chi connectivity index (χ3n) is 1.52. The van der Waals surface area contributed by atoms with Gasteiger partial charge in [0.1, 0.15) is 0 Å². The predicted octanol–water partition coefficient (Wildman–Crippen LogP) is 3.52. The van der Waals surface area contributed by atoms with Crippen molar-refractivity contribution in [1.29, 1.82) is 0 Å². The molecule has 0 rings (SSSR count). The third kappa shape index (κ3) is 4.64. The van der Waals surface area contributed by atoms with Crippen molar-refractivity contribution in [2.75, 3.05) is 18.3 Å². The monoisotopic (exact) mass is 228 g/mol. The van der Waals surface area contributed by atoms with Crippen LogP contribution in [0.4, 0.5) is 26.3 Å². The molecule has 0 saturated carbocycles. The molecule has 0 aliphatic rings. The summed E-state index contributed by atoms with van der Waals surface area (Å²) < 4.78 is 71.1. The molecule has 0 nitrogen and oxygen atoms in total. The second kappa shape index (κ2) is 3.59. The molecule has 0 aromatic heterocycles. The minimum atomic E-state index is -4.50. The molecular weight excluding hydrogens is 218 g/mol. The maximum atomic E-state index is 12.1. The van der Waals surface area contributed by atoms with Crippen LogP contribution in [0.1, 0.15) is 6.42 Å². The molecule has 0 aliphatic carbocycles. The van der Waals surface area contributed by atoms with Gasteiger partial charge in [-0.05, 0) is 18.3 Å². The minimum Gasteiger partial charge on any atom is -0.171 e. The number of hydrogen-bond acceptors (Lipinski definition) is 0. The Kier molecular flexibility index (Phi) is 3.57. The van der Waals surface area contributed by atoms with Crippen molar-refractivity contribution in [3.05, 3.63) is 0 Å². The van der Waals surface area contributed by atoms with Gasteiger partial charge in [-0.3, -0.25) is 0 Å². The minimum absolute atomic E-state index is 0.846. The Balaban J connectivity index is 4.21. The van der Waals surface area contributed by atoms with Gasteiger partial charge in [-0.2, -0.15) is 36.4 Å². The van der Waals surface area contributed by atoms with Gasteiger partial charge in [-0.15, -0.1) is 0 Å². The molecule has 0 aromatic carbocycles. The fourth-order valence-corrected chi connectivity index (χ4v) is 1.46. The molecule has 0 radical (unpaired) electrons. The average Bonchev–Trinajstić information content (AvgIpc) is 1.79. The average molecular weight is 228 g/mol. The molecule has 0 N–H and O–H groups in total. The zero-order valence-corrected chi connectivity index (χ0v) is 7.91. The summed E-state index contributed by atoms with van der Waals surface area (Å²) >= 11 is 0. The number of alkyl halides is 6. The summed E-state index contributed by atoms with van der Waals surface area (Å²) in [6.07, 6.45) is -4.18. The highest BCUT2D eigenvalue weighted by atomic mass is 32.3. The molecule has 7 heteroatoms. The van der Waals surface area contributed by atoms with Crippen molar-refractivity contribution in [3.8, 4) is 0 Å². The standard InChI is InChI=1S/C6H10F6S/c1-13(2,6(10,11)12)4-3-5(7,8)9/h3-4H2,1-2H3. The van der Waals surface area contributed by atoms with Gasteiger partial charge in [0.15, 0.2) is 0 Å². The molecule has 13 heavy (non-hydrogen) atoms. The molecule has 82 valence electrons. The van der Waals surface area contributed by atoms with Crippen LogP contribution in [0.15, 0.2) is 0 Å². The lowest BCUT2D eigenvalue weighted by atomic mass is 10.5. The Morgan fingerprint density at radius 1 is 0.923 bits per heavy atom. The van der Waals surface area contributed by atoms with Crippen molar-refractivity contribution in [3.63, 3.8) is 0 Å². The van der Waals surface area contributed by atoms with Crippen molar-refractivity contribution in [1.82, 2.24) is 0 Å². The molecule has 0 bridgehead atoms. The molecule has 0 unspecified atom stereocenters. The molecule has 0 saturated heterocycles. The van der Waals surface area contributed by atoms with Gasteiger partial charge in [0.25, 0.3) is 0 Å². The van der Waals surface area contributed by atoms with Crippen LogP contribution >= 0.6 is 10.0 Å². The fraction of sp³-hybridized carbons (Fsp3) is 1.00.